The highest BCUT2D eigenvalue weighted by Gasteiger charge is 2.31. The van der Waals surface area contributed by atoms with Crippen LogP contribution in [0.3, 0.4) is 0 Å². The van der Waals surface area contributed by atoms with Gasteiger partial charge >= 0.3 is 0 Å². The molecule has 1 fully saturated rings. The zero-order chi connectivity index (χ0) is 18.0. The molecule has 2 atom stereocenters. The molecule has 25 heavy (non-hydrogen) atoms. The lowest BCUT2D eigenvalue weighted by Gasteiger charge is -2.29. The molecule has 0 radical (unpaired) electrons. The number of rotatable bonds is 5. The Labute approximate surface area is 148 Å². The number of hydrogen-bond donors (Lipinski definition) is 0. The highest BCUT2D eigenvalue weighted by molar-refractivity contribution is 7.88. The normalized spacial score (nSPS) is 20.5. The van der Waals surface area contributed by atoms with Crippen molar-refractivity contribution in [3.05, 3.63) is 47.2 Å². The van der Waals surface area contributed by atoms with Gasteiger partial charge in [0.05, 0.1) is 12.9 Å². The average Bonchev–Trinajstić information content (AvgIpc) is 3.03. The number of benzene rings is 1. The van der Waals surface area contributed by atoms with E-state index in [0.29, 0.717) is 31.4 Å². The van der Waals surface area contributed by atoms with E-state index in [1.54, 1.807) is 0 Å². The van der Waals surface area contributed by atoms with Crippen molar-refractivity contribution in [3.63, 3.8) is 0 Å². The lowest BCUT2D eigenvalue weighted by atomic mass is 9.94. The van der Waals surface area contributed by atoms with E-state index in [0.717, 1.165) is 0 Å². The molecular formula is C17H23N3O4S. The Balaban J connectivity index is 1.69. The van der Waals surface area contributed by atoms with E-state index in [1.807, 2.05) is 12.1 Å². The van der Waals surface area contributed by atoms with Crippen molar-refractivity contribution in [1.29, 1.82) is 0 Å². The molecule has 8 heteroatoms. The summed E-state index contributed by atoms with van der Waals surface area (Å²) < 4.78 is 36.1. The van der Waals surface area contributed by atoms with Crippen LogP contribution in [0, 0.1) is 6.92 Å². The summed E-state index contributed by atoms with van der Waals surface area (Å²) in [6, 6.07) is 8.23. The summed E-state index contributed by atoms with van der Waals surface area (Å²) in [5.74, 6) is 1.11. The first kappa shape index (κ1) is 18.0. The van der Waals surface area contributed by atoms with E-state index < -0.39 is 16.1 Å². The lowest BCUT2D eigenvalue weighted by Crippen LogP contribution is -2.41. The molecule has 0 bridgehead atoms. The van der Waals surface area contributed by atoms with Gasteiger partial charge in [-0.15, -0.1) is 10.2 Å². The van der Waals surface area contributed by atoms with E-state index in [1.165, 1.54) is 21.7 Å². The Bertz CT molecular complexity index is 834. The summed E-state index contributed by atoms with van der Waals surface area (Å²) in [4.78, 5) is 0. The third-order valence-electron chi connectivity index (χ3n) is 4.46. The highest BCUT2D eigenvalue weighted by atomic mass is 32.2. The summed E-state index contributed by atoms with van der Waals surface area (Å²) in [6.45, 7) is 5.07. The monoisotopic (exact) mass is 365 g/mol. The van der Waals surface area contributed by atoms with E-state index >= 15 is 0 Å². The molecule has 7 nitrogen and oxygen atoms in total. The molecule has 0 spiro atoms. The fourth-order valence-corrected chi connectivity index (χ4v) is 3.88. The molecule has 0 N–H and O–H groups in total. The first-order valence-electron chi connectivity index (χ1n) is 8.29. The quantitative estimate of drug-likeness (QED) is 0.806. The lowest BCUT2D eigenvalue weighted by molar-refractivity contribution is -0.0176. The second-order valence-electron chi connectivity index (χ2n) is 6.48. The van der Waals surface area contributed by atoms with Crippen molar-refractivity contribution >= 4 is 10.0 Å². The molecule has 0 amide bonds. The smallest absolute Gasteiger partial charge is 0.246 e. The molecule has 1 aliphatic heterocycles. The molecule has 1 saturated heterocycles. The number of hydrogen-bond acceptors (Lipinski definition) is 6. The van der Waals surface area contributed by atoms with Crippen LogP contribution in [0.4, 0.5) is 0 Å². The van der Waals surface area contributed by atoms with Crippen LogP contribution in [0.1, 0.15) is 41.9 Å². The Morgan fingerprint density at radius 2 is 2.08 bits per heavy atom. The first-order valence-corrected chi connectivity index (χ1v) is 10.1. The van der Waals surface area contributed by atoms with Gasteiger partial charge in [-0.2, -0.15) is 4.31 Å². The third kappa shape index (κ3) is 4.26. The first-order chi connectivity index (χ1) is 11.8. The zero-order valence-electron chi connectivity index (χ0n) is 14.7. The number of aromatic nitrogens is 2. The maximum atomic E-state index is 11.7. The molecule has 0 saturated carbocycles. The predicted octanol–water partition coefficient (Wildman–Crippen LogP) is 2.06. The molecule has 1 aliphatic rings. The van der Waals surface area contributed by atoms with Gasteiger partial charge in [-0.3, -0.25) is 0 Å². The van der Waals surface area contributed by atoms with E-state index in [-0.39, 0.29) is 12.5 Å². The van der Waals surface area contributed by atoms with E-state index in [4.69, 9.17) is 9.15 Å². The van der Waals surface area contributed by atoms with Crippen LogP contribution < -0.4 is 0 Å². The van der Waals surface area contributed by atoms with Crippen LogP contribution in [0.15, 0.2) is 28.7 Å². The summed E-state index contributed by atoms with van der Waals surface area (Å²) >= 11 is 0. The van der Waals surface area contributed by atoms with Crippen molar-refractivity contribution in [2.45, 2.75) is 32.3 Å². The van der Waals surface area contributed by atoms with E-state index in [2.05, 4.69) is 36.2 Å². The van der Waals surface area contributed by atoms with Gasteiger partial charge < -0.3 is 9.15 Å². The molecule has 0 aliphatic carbocycles. The second kappa shape index (κ2) is 7.23. The minimum atomic E-state index is -3.26. The topological polar surface area (TPSA) is 85.5 Å². The van der Waals surface area contributed by atoms with Gasteiger partial charge in [-0.25, -0.2) is 8.42 Å². The van der Waals surface area contributed by atoms with Gasteiger partial charge in [0, 0.05) is 19.5 Å². The van der Waals surface area contributed by atoms with Crippen LogP contribution in [0.5, 0.6) is 0 Å². The van der Waals surface area contributed by atoms with Gasteiger partial charge in [0.15, 0.2) is 0 Å². The van der Waals surface area contributed by atoms with Gasteiger partial charge in [-0.05, 0) is 24.0 Å². The number of ether oxygens (including phenoxy) is 1. The number of aryl methyl sites for hydroxylation is 1. The molecule has 0 unspecified atom stereocenters. The van der Waals surface area contributed by atoms with Crippen molar-refractivity contribution in [2.24, 2.45) is 0 Å². The van der Waals surface area contributed by atoms with Crippen LogP contribution in [-0.4, -0.2) is 48.9 Å². The van der Waals surface area contributed by atoms with E-state index in [9.17, 15) is 8.42 Å². The zero-order valence-corrected chi connectivity index (χ0v) is 15.5. The molecular weight excluding hydrogens is 342 g/mol. The van der Waals surface area contributed by atoms with Crippen molar-refractivity contribution < 1.29 is 17.6 Å². The molecule has 3 rings (SSSR count). The van der Waals surface area contributed by atoms with Crippen LogP contribution in [-0.2, 0) is 21.2 Å². The van der Waals surface area contributed by atoms with Gasteiger partial charge in [0.25, 0.3) is 0 Å². The standard InChI is InChI=1S/C17H23N3O4S/c1-12-6-4-5-7-14(12)13(2)10-16-18-19-17(24-16)15-11-20(8-9-23-15)25(3,21)22/h4-7,13,15H,8-11H2,1-3H3/t13-,15+/m1/s1. The van der Waals surface area contributed by atoms with Gasteiger partial charge in [0.1, 0.15) is 6.10 Å². The maximum Gasteiger partial charge on any atom is 0.246 e. The molecule has 136 valence electrons. The van der Waals surface area contributed by atoms with Crippen LogP contribution in [0.2, 0.25) is 0 Å². The third-order valence-corrected chi connectivity index (χ3v) is 5.73. The Hall–Kier alpha value is -1.77. The fourth-order valence-electron chi connectivity index (χ4n) is 3.07. The Morgan fingerprint density at radius 1 is 1.32 bits per heavy atom. The van der Waals surface area contributed by atoms with Crippen molar-refractivity contribution in [3.8, 4) is 0 Å². The molecule has 1 aromatic carbocycles. The Morgan fingerprint density at radius 3 is 2.80 bits per heavy atom. The average molecular weight is 365 g/mol. The summed E-state index contributed by atoms with van der Waals surface area (Å²) in [6.07, 6.45) is 1.30. The molecule has 2 heterocycles. The van der Waals surface area contributed by atoms with Crippen LogP contribution >= 0.6 is 0 Å². The Kier molecular flexibility index (Phi) is 5.21. The number of morpholine rings is 1. The fraction of sp³-hybridized carbons (Fsp3) is 0.529. The minimum Gasteiger partial charge on any atom is -0.422 e. The summed E-state index contributed by atoms with van der Waals surface area (Å²) in [5.41, 5.74) is 2.48. The molecule has 2 aromatic rings. The predicted molar refractivity (Wildman–Crippen MR) is 92.7 cm³/mol. The van der Waals surface area contributed by atoms with Crippen LogP contribution in [0.25, 0.3) is 0 Å². The van der Waals surface area contributed by atoms with Crippen molar-refractivity contribution in [2.75, 3.05) is 26.0 Å². The van der Waals surface area contributed by atoms with Gasteiger partial charge in [-0.1, -0.05) is 31.2 Å². The molecule has 1 aromatic heterocycles. The highest BCUT2D eigenvalue weighted by Crippen LogP contribution is 2.26. The second-order valence-corrected chi connectivity index (χ2v) is 8.46. The number of nitrogens with zero attached hydrogens (tertiary/aromatic N) is 3. The maximum absolute atomic E-state index is 11.7. The van der Waals surface area contributed by atoms with Crippen molar-refractivity contribution in [1.82, 2.24) is 14.5 Å². The largest absolute Gasteiger partial charge is 0.422 e. The summed E-state index contributed by atoms with van der Waals surface area (Å²) in [7, 11) is -3.26. The number of sulfonamides is 1. The summed E-state index contributed by atoms with van der Waals surface area (Å²) in [5, 5.41) is 8.17. The van der Waals surface area contributed by atoms with Gasteiger partial charge in [0.2, 0.25) is 21.8 Å². The SMILES string of the molecule is Cc1ccccc1[C@H](C)Cc1nnc([C@@H]2CN(S(C)(=O)=O)CCO2)o1. The minimum absolute atomic E-state index is 0.202.